The molecule has 5 nitrogen and oxygen atoms in total. The lowest BCUT2D eigenvalue weighted by Gasteiger charge is -2.17. The highest BCUT2D eigenvalue weighted by Crippen LogP contribution is 2.25. The number of benzene rings is 1. The number of carbonyl (C=O) groups is 2. The minimum Gasteiger partial charge on any atom is -0.504 e. The predicted octanol–water partition coefficient (Wildman–Crippen LogP) is 0.526. The third-order valence-electron chi connectivity index (χ3n) is 2.29. The molecule has 82 valence electrons. The van der Waals surface area contributed by atoms with Crippen LogP contribution in [0.3, 0.4) is 0 Å². The van der Waals surface area contributed by atoms with Crippen molar-refractivity contribution < 1.29 is 14.3 Å². The van der Waals surface area contributed by atoms with Crippen LogP contribution in [0.5, 0.6) is 0 Å². The lowest BCUT2D eigenvalue weighted by molar-refractivity contribution is -0.114. The summed E-state index contributed by atoms with van der Waals surface area (Å²) in [4.78, 5) is 23.1. The molecule has 0 bridgehead atoms. The lowest BCUT2D eigenvalue weighted by atomic mass is 9.95. The molecule has 5 heteroatoms. The van der Waals surface area contributed by atoms with Gasteiger partial charge in [-0.1, -0.05) is 0 Å². The molecule has 16 heavy (non-hydrogen) atoms. The first-order valence-electron chi connectivity index (χ1n) is 4.62. The molecule has 0 aliphatic carbocycles. The summed E-state index contributed by atoms with van der Waals surface area (Å²) in [5.41, 5.74) is 7.31. The molecular weight excluding hydrogens is 208 g/mol. The number of fused-ring (bicyclic) bond motifs is 1. The number of hydrogen-bond acceptors (Lipinski definition) is 4. The highest BCUT2D eigenvalue weighted by Gasteiger charge is 2.27. The molecule has 3 N–H and O–H groups in total. The smallest absolute Gasteiger partial charge is 0.261 e. The number of methoxy groups -OCH3 is 1. The summed E-state index contributed by atoms with van der Waals surface area (Å²) in [6.07, 6.45) is 1.29. The van der Waals surface area contributed by atoms with Crippen molar-refractivity contribution >= 4 is 23.1 Å². The van der Waals surface area contributed by atoms with Crippen LogP contribution in [-0.4, -0.2) is 18.9 Å². The highest BCUT2D eigenvalue weighted by molar-refractivity contribution is 6.31. The molecule has 0 saturated carbocycles. The standard InChI is InChI=1S/C11H10N2O3/c1-16-5-9-8-4-6(12)2-3-7(8)10(14)13-11(9)15/h2-5H,12H2,1H3,(H,13,14,15). The minimum absolute atomic E-state index is 0.296. The first kappa shape index (κ1) is 10.2. The number of hydrogen-bond donors (Lipinski definition) is 2. The summed E-state index contributed by atoms with van der Waals surface area (Å²) in [5, 5.41) is 2.22. The van der Waals surface area contributed by atoms with Crippen LogP contribution in [0.1, 0.15) is 15.9 Å². The van der Waals surface area contributed by atoms with E-state index in [-0.39, 0.29) is 0 Å². The Morgan fingerprint density at radius 3 is 2.69 bits per heavy atom. The van der Waals surface area contributed by atoms with Crippen LogP contribution >= 0.6 is 0 Å². The van der Waals surface area contributed by atoms with E-state index in [1.807, 2.05) is 0 Å². The Hall–Kier alpha value is -2.30. The number of nitrogens with two attached hydrogens (primary N) is 1. The van der Waals surface area contributed by atoms with Crippen LogP contribution in [0.15, 0.2) is 24.5 Å². The highest BCUT2D eigenvalue weighted by atomic mass is 16.5. The van der Waals surface area contributed by atoms with Crippen molar-refractivity contribution in [2.24, 2.45) is 0 Å². The molecule has 0 aromatic heterocycles. The Labute approximate surface area is 91.9 Å². The second-order valence-corrected chi connectivity index (χ2v) is 3.36. The van der Waals surface area contributed by atoms with Crippen LogP contribution < -0.4 is 11.1 Å². The molecule has 1 aromatic carbocycles. The number of carbonyl (C=O) groups excluding carboxylic acids is 2. The fourth-order valence-corrected chi connectivity index (χ4v) is 1.58. The van der Waals surface area contributed by atoms with Crippen LogP contribution in [-0.2, 0) is 9.53 Å². The maximum atomic E-state index is 11.5. The molecular formula is C11H10N2O3. The van der Waals surface area contributed by atoms with E-state index in [1.54, 1.807) is 18.2 Å². The predicted molar refractivity (Wildman–Crippen MR) is 58.3 cm³/mol. The largest absolute Gasteiger partial charge is 0.504 e. The van der Waals surface area contributed by atoms with E-state index in [9.17, 15) is 9.59 Å². The van der Waals surface area contributed by atoms with Gasteiger partial charge in [0.1, 0.15) is 0 Å². The summed E-state index contributed by atoms with van der Waals surface area (Å²) in [5.74, 6) is -0.904. The Morgan fingerprint density at radius 1 is 1.25 bits per heavy atom. The average molecular weight is 218 g/mol. The van der Waals surface area contributed by atoms with Crippen LogP contribution in [0, 0.1) is 0 Å². The molecule has 1 aliphatic heterocycles. The van der Waals surface area contributed by atoms with Crippen molar-refractivity contribution in [1.29, 1.82) is 0 Å². The van der Waals surface area contributed by atoms with Crippen molar-refractivity contribution in [1.82, 2.24) is 5.32 Å². The Kier molecular flexibility index (Phi) is 2.36. The average Bonchev–Trinajstić information content (AvgIpc) is 2.23. The van der Waals surface area contributed by atoms with Gasteiger partial charge in [0.05, 0.1) is 18.9 Å². The van der Waals surface area contributed by atoms with Gasteiger partial charge in [0.25, 0.3) is 11.8 Å². The third kappa shape index (κ3) is 1.52. The van der Waals surface area contributed by atoms with Crippen molar-refractivity contribution in [3.8, 4) is 0 Å². The number of nitrogen functional groups attached to an aromatic ring is 1. The van der Waals surface area contributed by atoms with Gasteiger partial charge in [-0.3, -0.25) is 14.9 Å². The van der Waals surface area contributed by atoms with Gasteiger partial charge >= 0.3 is 0 Å². The second kappa shape index (κ2) is 3.69. The van der Waals surface area contributed by atoms with Crippen molar-refractivity contribution in [2.75, 3.05) is 12.8 Å². The second-order valence-electron chi connectivity index (χ2n) is 3.36. The molecule has 2 rings (SSSR count). The van der Waals surface area contributed by atoms with Crippen LogP contribution in [0.25, 0.3) is 5.57 Å². The molecule has 0 atom stereocenters. The zero-order valence-electron chi connectivity index (χ0n) is 8.61. The van der Waals surface area contributed by atoms with Crippen LogP contribution in [0.4, 0.5) is 5.69 Å². The Morgan fingerprint density at radius 2 is 2.00 bits per heavy atom. The van der Waals surface area contributed by atoms with E-state index >= 15 is 0 Å². The van der Waals surface area contributed by atoms with Gasteiger partial charge < -0.3 is 10.5 Å². The zero-order chi connectivity index (χ0) is 11.7. The van der Waals surface area contributed by atoms with Gasteiger partial charge in [0, 0.05) is 16.8 Å². The molecule has 1 aliphatic rings. The number of nitrogens with one attached hydrogen (secondary N) is 1. The quantitative estimate of drug-likeness (QED) is 0.312. The van der Waals surface area contributed by atoms with Gasteiger partial charge in [-0.2, -0.15) is 0 Å². The Balaban J connectivity index is 2.65. The number of amides is 2. The van der Waals surface area contributed by atoms with Crippen molar-refractivity contribution in [3.63, 3.8) is 0 Å². The maximum absolute atomic E-state index is 11.5. The van der Waals surface area contributed by atoms with Crippen molar-refractivity contribution in [2.45, 2.75) is 0 Å². The van der Waals surface area contributed by atoms with E-state index in [4.69, 9.17) is 10.5 Å². The molecule has 0 radical (unpaired) electrons. The van der Waals surface area contributed by atoms with Crippen molar-refractivity contribution in [3.05, 3.63) is 35.6 Å². The third-order valence-corrected chi connectivity index (χ3v) is 2.29. The minimum atomic E-state index is -0.482. The summed E-state index contributed by atoms with van der Waals surface area (Å²) < 4.78 is 4.81. The fraction of sp³-hybridized carbons (Fsp3) is 0.0909. The maximum Gasteiger partial charge on any atom is 0.261 e. The SMILES string of the molecule is COC=C1C(=O)NC(=O)c2ccc(N)cc21. The van der Waals surface area contributed by atoms with Gasteiger partial charge in [-0.05, 0) is 18.2 Å². The topological polar surface area (TPSA) is 81.4 Å². The Bertz CT molecular complexity index is 506. The summed E-state index contributed by atoms with van der Waals surface area (Å²) in [7, 11) is 1.43. The molecule has 0 unspecified atom stereocenters. The molecule has 2 amide bonds. The fourth-order valence-electron chi connectivity index (χ4n) is 1.58. The molecule has 0 spiro atoms. The van der Waals surface area contributed by atoms with E-state index in [0.29, 0.717) is 22.4 Å². The summed E-state index contributed by atoms with van der Waals surface area (Å²) in [6, 6.07) is 4.77. The van der Waals surface area contributed by atoms with Gasteiger partial charge in [-0.25, -0.2) is 0 Å². The first-order chi connectivity index (χ1) is 7.63. The zero-order valence-corrected chi connectivity index (χ0v) is 8.61. The number of imide groups is 1. The first-order valence-corrected chi connectivity index (χ1v) is 4.62. The monoisotopic (exact) mass is 218 g/mol. The van der Waals surface area contributed by atoms with Gasteiger partial charge in [0.2, 0.25) is 0 Å². The number of rotatable bonds is 1. The summed E-state index contributed by atoms with van der Waals surface area (Å²) in [6.45, 7) is 0. The lowest BCUT2D eigenvalue weighted by Crippen LogP contribution is -2.36. The van der Waals surface area contributed by atoms with E-state index < -0.39 is 11.8 Å². The van der Waals surface area contributed by atoms with Gasteiger partial charge in [-0.15, -0.1) is 0 Å². The number of anilines is 1. The van der Waals surface area contributed by atoms with E-state index in [2.05, 4.69) is 5.32 Å². The molecule has 0 saturated heterocycles. The van der Waals surface area contributed by atoms with E-state index in [0.717, 1.165) is 0 Å². The van der Waals surface area contributed by atoms with Crippen LogP contribution in [0.2, 0.25) is 0 Å². The molecule has 1 aromatic rings. The summed E-state index contributed by atoms with van der Waals surface area (Å²) >= 11 is 0. The molecule has 0 fully saturated rings. The molecule has 1 heterocycles. The van der Waals surface area contributed by atoms with Gasteiger partial charge in [0.15, 0.2) is 0 Å². The number of ether oxygens (including phenoxy) is 1. The normalized spacial score (nSPS) is 16.9. The van der Waals surface area contributed by atoms with E-state index in [1.165, 1.54) is 13.4 Å².